The van der Waals surface area contributed by atoms with Gasteiger partial charge < -0.3 is 0 Å². The third kappa shape index (κ3) is 1.53. The molecule has 0 saturated carbocycles. The number of hydrogen-bond acceptors (Lipinski definition) is 3. The van der Waals surface area contributed by atoms with E-state index in [1.54, 1.807) is 11.3 Å². The quantitative estimate of drug-likeness (QED) is 0.797. The largest absolute Gasteiger partial charge is 0.271 e. The maximum atomic E-state index is 5.19. The molecule has 0 aliphatic rings. The zero-order valence-corrected chi connectivity index (χ0v) is 9.65. The molecule has 2 aromatic heterocycles. The highest BCUT2D eigenvalue weighted by molar-refractivity contribution is 7.71. The minimum Gasteiger partial charge on any atom is -0.271 e. The van der Waals surface area contributed by atoms with Crippen LogP contribution in [0.3, 0.4) is 0 Å². The van der Waals surface area contributed by atoms with E-state index in [-0.39, 0.29) is 0 Å². The number of hydrogen-bond donors (Lipinski definition) is 1. The smallest absolute Gasteiger partial charge is 0.199 e. The zero-order valence-electron chi connectivity index (χ0n) is 8.02. The summed E-state index contributed by atoms with van der Waals surface area (Å²) in [4.78, 5) is 0. The molecule has 3 nitrogen and oxygen atoms in total. The summed E-state index contributed by atoms with van der Waals surface area (Å²) in [6.07, 6.45) is 0. The number of rotatable bonds is 2. The second kappa shape index (κ2) is 3.67. The highest BCUT2D eigenvalue weighted by atomic mass is 32.1. The summed E-state index contributed by atoms with van der Waals surface area (Å²) in [6, 6.07) is 2.04. The van der Waals surface area contributed by atoms with Crippen molar-refractivity contribution in [2.45, 2.75) is 19.8 Å². The summed E-state index contributed by atoms with van der Waals surface area (Å²) >= 11 is 6.85. The second-order valence-electron chi connectivity index (χ2n) is 3.36. The fourth-order valence-corrected chi connectivity index (χ4v) is 2.20. The van der Waals surface area contributed by atoms with Gasteiger partial charge in [-0.3, -0.25) is 9.67 Å². The Morgan fingerprint density at radius 1 is 1.57 bits per heavy atom. The lowest BCUT2D eigenvalue weighted by Gasteiger charge is -2.06. The molecule has 2 aromatic rings. The van der Waals surface area contributed by atoms with E-state index in [0.29, 0.717) is 10.7 Å². The van der Waals surface area contributed by atoms with E-state index in [4.69, 9.17) is 12.2 Å². The van der Waals surface area contributed by atoms with Crippen molar-refractivity contribution in [2.75, 3.05) is 0 Å². The van der Waals surface area contributed by atoms with Crippen molar-refractivity contribution in [3.63, 3.8) is 0 Å². The number of aromatic nitrogens is 3. The van der Waals surface area contributed by atoms with Gasteiger partial charge >= 0.3 is 0 Å². The molecule has 2 heterocycles. The van der Waals surface area contributed by atoms with Gasteiger partial charge in [0.25, 0.3) is 0 Å². The van der Waals surface area contributed by atoms with Gasteiger partial charge in [0.2, 0.25) is 0 Å². The molecule has 5 heteroatoms. The van der Waals surface area contributed by atoms with Crippen LogP contribution in [0.2, 0.25) is 0 Å². The molecule has 0 aliphatic heterocycles. The van der Waals surface area contributed by atoms with E-state index >= 15 is 0 Å². The van der Waals surface area contributed by atoms with E-state index in [1.807, 2.05) is 16.0 Å². The average Bonchev–Trinajstić information content (AvgIpc) is 2.71. The van der Waals surface area contributed by atoms with Gasteiger partial charge in [-0.1, -0.05) is 13.8 Å². The predicted octanol–water partition coefficient (Wildman–Crippen LogP) is 3.11. The van der Waals surface area contributed by atoms with Crippen LogP contribution in [0.15, 0.2) is 16.8 Å². The first-order valence-corrected chi connectivity index (χ1v) is 5.75. The summed E-state index contributed by atoms with van der Waals surface area (Å²) in [5.41, 5.74) is 1.09. The highest BCUT2D eigenvalue weighted by Crippen LogP contribution is 2.19. The van der Waals surface area contributed by atoms with Crippen molar-refractivity contribution in [1.29, 1.82) is 0 Å². The van der Waals surface area contributed by atoms with Crippen LogP contribution in [0.4, 0.5) is 0 Å². The Balaban J connectivity index is 2.62. The Morgan fingerprint density at radius 3 is 2.93 bits per heavy atom. The molecule has 74 valence electrons. The lowest BCUT2D eigenvalue weighted by atomic mass is 10.2. The van der Waals surface area contributed by atoms with Crippen LogP contribution < -0.4 is 0 Å². The van der Waals surface area contributed by atoms with Gasteiger partial charge in [0.05, 0.1) is 5.69 Å². The summed E-state index contributed by atoms with van der Waals surface area (Å²) in [6.45, 7) is 4.21. The fourth-order valence-electron chi connectivity index (χ4n) is 1.33. The minimum absolute atomic E-state index is 0.364. The van der Waals surface area contributed by atoms with Crippen molar-refractivity contribution in [2.24, 2.45) is 0 Å². The number of nitrogens with one attached hydrogen (secondary N) is 1. The Labute approximate surface area is 91.4 Å². The summed E-state index contributed by atoms with van der Waals surface area (Å²) < 4.78 is 2.64. The molecule has 0 radical (unpaired) electrons. The molecule has 0 aliphatic carbocycles. The Morgan fingerprint density at radius 2 is 2.36 bits per heavy atom. The monoisotopic (exact) mass is 225 g/mol. The lowest BCUT2D eigenvalue weighted by Crippen LogP contribution is -2.01. The number of aromatic amines is 1. The van der Waals surface area contributed by atoms with Gasteiger partial charge in [-0.15, -0.1) is 0 Å². The topological polar surface area (TPSA) is 33.6 Å². The van der Waals surface area contributed by atoms with Gasteiger partial charge in [-0.05, 0) is 23.7 Å². The molecule has 0 aromatic carbocycles. The van der Waals surface area contributed by atoms with Crippen LogP contribution in [-0.4, -0.2) is 14.8 Å². The van der Waals surface area contributed by atoms with E-state index in [2.05, 4.69) is 29.4 Å². The summed E-state index contributed by atoms with van der Waals surface area (Å²) in [7, 11) is 0. The van der Waals surface area contributed by atoms with E-state index in [0.717, 1.165) is 11.5 Å². The van der Waals surface area contributed by atoms with Crippen LogP contribution >= 0.6 is 23.6 Å². The molecule has 0 unspecified atom stereocenters. The molecular formula is C9H11N3S2. The summed E-state index contributed by atoms with van der Waals surface area (Å²) in [5.74, 6) is 1.34. The minimum atomic E-state index is 0.364. The molecule has 0 spiro atoms. The van der Waals surface area contributed by atoms with Crippen molar-refractivity contribution in [1.82, 2.24) is 14.8 Å². The van der Waals surface area contributed by atoms with Crippen LogP contribution in [0.25, 0.3) is 5.69 Å². The third-order valence-corrected chi connectivity index (χ3v) is 2.92. The van der Waals surface area contributed by atoms with Gasteiger partial charge in [0, 0.05) is 11.3 Å². The molecule has 2 rings (SSSR count). The van der Waals surface area contributed by atoms with Crippen LogP contribution in [0, 0.1) is 4.77 Å². The van der Waals surface area contributed by atoms with Crippen molar-refractivity contribution in [3.8, 4) is 5.69 Å². The van der Waals surface area contributed by atoms with Crippen molar-refractivity contribution < 1.29 is 0 Å². The molecule has 0 fully saturated rings. The Hall–Kier alpha value is -0.940. The first-order valence-electron chi connectivity index (χ1n) is 4.40. The number of thiophene rings is 1. The van der Waals surface area contributed by atoms with Crippen LogP contribution in [-0.2, 0) is 0 Å². The fraction of sp³-hybridized carbons (Fsp3) is 0.333. The average molecular weight is 225 g/mol. The Kier molecular flexibility index (Phi) is 2.52. The van der Waals surface area contributed by atoms with E-state index < -0.39 is 0 Å². The Bertz CT molecular complexity index is 464. The predicted molar refractivity (Wildman–Crippen MR) is 60.7 cm³/mol. The lowest BCUT2D eigenvalue weighted by molar-refractivity contribution is 0.745. The second-order valence-corrected chi connectivity index (χ2v) is 4.53. The number of H-pyrrole nitrogens is 1. The van der Waals surface area contributed by atoms with Gasteiger partial charge in [-0.2, -0.15) is 16.4 Å². The normalized spacial score (nSPS) is 11.1. The molecule has 0 saturated heterocycles. The van der Waals surface area contributed by atoms with Crippen molar-refractivity contribution in [3.05, 3.63) is 27.4 Å². The van der Waals surface area contributed by atoms with Crippen molar-refractivity contribution >= 4 is 23.6 Å². The molecule has 14 heavy (non-hydrogen) atoms. The standard InChI is InChI=1S/C9H11N3S2/c1-6(2)8-10-11-9(13)12(8)7-3-4-14-5-7/h3-6H,1-2H3,(H,11,13). The third-order valence-electron chi connectivity index (χ3n) is 1.98. The molecule has 1 N–H and O–H groups in total. The number of nitrogens with zero attached hydrogens (tertiary/aromatic N) is 2. The molecular weight excluding hydrogens is 214 g/mol. The first-order chi connectivity index (χ1) is 6.70. The molecule has 0 atom stereocenters. The molecule has 0 bridgehead atoms. The first kappa shape index (κ1) is 9.61. The van der Waals surface area contributed by atoms with E-state index in [1.165, 1.54) is 0 Å². The van der Waals surface area contributed by atoms with E-state index in [9.17, 15) is 0 Å². The van der Waals surface area contributed by atoms with Gasteiger partial charge in [0.15, 0.2) is 4.77 Å². The maximum Gasteiger partial charge on any atom is 0.199 e. The molecule has 0 amide bonds. The maximum absolute atomic E-state index is 5.19. The van der Waals surface area contributed by atoms with Crippen LogP contribution in [0.1, 0.15) is 25.6 Å². The van der Waals surface area contributed by atoms with Gasteiger partial charge in [0.1, 0.15) is 5.82 Å². The van der Waals surface area contributed by atoms with Gasteiger partial charge in [-0.25, -0.2) is 0 Å². The summed E-state index contributed by atoms with van der Waals surface area (Å²) in [5, 5.41) is 11.2. The zero-order chi connectivity index (χ0) is 10.1. The van der Waals surface area contributed by atoms with Crippen LogP contribution in [0.5, 0.6) is 0 Å². The highest BCUT2D eigenvalue weighted by Gasteiger charge is 2.11. The SMILES string of the molecule is CC(C)c1n[nH]c(=S)n1-c1ccsc1.